The Balaban J connectivity index is 2.01. The van der Waals surface area contributed by atoms with Gasteiger partial charge in [-0.3, -0.25) is 4.79 Å². The molecule has 0 atom stereocenters. The summed E-state index contributed by atoms with van der Waals surface area (Å²) >= 11 is 1.65. The fourth-order valence-electron chi connectivity index (χ4n) is 3.58. The van der Waals surface area contributed by atoms with Crippen molar-refractivity contribution in [2.45, 2.75) is 63.0 Å². The van der Waals surface area contributed by atoms with E-state index < -0.39 is 10.7 Å². The van der Waals surface area contributed by atoms with Crippen molar-refractivity contribution in [2.24, 2.45) is 5.41 Å². The van der Waals surface area contributed by atoms with Crippen LogP contribution >= 0.6 is 11.8 Å². The fourth-order valence-corrected chi connectivity index (χ4v) is 5.08. The maximum atomic E-state index is 11.4. The highest BCUT2D eigenvalue weighted by Crippen LogP contribution is 2.61. The Labute approximate surface area is 102 Å². The summed E-state index contributed by atoms with van der Waals surface area (Å²) in [7, 11) is 0. The second kappa shape index (κ2) is 4.59. The Morgan fingerprint density at radius 3 is 2.19 bits per heavy atom. The topological polar surface area (TPSA) is 37.3 Å². The van der Waals surface area contributed by atoms with Gasteiger partial charge in [0.05, 0.1) is 0 Å². The first-order valence-corrected chi connectivity index (χ1v) is 7.48. The van der Waals surface area contributed by atoms with Crippen molar-refractivity contribution >= 4 is 17.7 Å². The Hall–Kier alpha value is -0.180. The van der Waals surface area contributed by atoms with Gasteiger partial charge in [-0.15, -0.1) is 11.8 Å². The van der Waals surface area contributed by atoms with Gasteiger partial charge in [-0.25, -0.2) is 0 Å². The average Bonchev–Trinajstić information content (AvgIpc) is 2.42. The quantitative estimate of drug-likeness (QED) is 0.820. The molecule has 0 aliphatic heterocycles. The lowest BCUT2D eigenvalue weighted by atomic mass is 9.58. The Morgan fingerprint density at radius 2 is 1.75 bits per heavy atom. The molecule has 0 aromatic heterocycles. The summed E-state index contributed by atoms with van der Waals surface area (Å²) < 4.78 is -0.431. The predicted octanol–water partition coefficient (Wildman–Crippen LogP) is 3.70. The number of thioether (sulfide) groups is 1. The number of carbonyl (C=O) groups is 1. The van der Waals surface area contributed by atoms with Gasteiger partial charge in [0, 0.05) is 0 Å². The maximum Gasteiger partial charge on any atom is 0.319 e. The van der Waals surface area contributed by atoms with Gasteiger partial charge in [-0.05, 0) is 36.9 Å². The average molecular weight is 242 g/mol. The van der Waals surface area contributed by atoms with E-state index in [9.17, 15) is 9.90 Å². The van der Waals surface area contributed by atoms with E-state index in [1.165, 1.54) is 38.5 Å². The highest BCUT2D eigenvalue weighted by Gasteiger charge is 2.58. The van der Waals surface area contributed by atoms with Crippen LogP contribution in [0.3, 0.4) is 0 Å². The predicted molar refractivity (Wildman–Crippen MR) is 67.9 cm³/mol. The van der Waals surface area contributed by atoms with E-state index in [1.807, 2.05) is 0 Å². The molecule has 0 unspecified atom stereocenters. The molecule has 0 radical (unpaired) electrons. The standard InChI is InChI=1S/C13H22O2S/c1-2-16-13(11(14)15)9-12(10-13)7-5-3-4-6-8-12/h2-10H2,1H3,(H,14,15). The van der Waals surface area contributed by atoms with Crippen molar-refractivity contribution in [3.8, 4) is 0 Å². The van der Waals surface area contributed by atoms with Crippen LogP contribution < -0.4 is 0 Å². The molecule has 3 heteroatoms. The van der Waals surface area contributed by atoms with Gasteiger partial charge >= 0.3 is 5.97 Å². The van der Waals surface area contributed by atoms with Crippen LogP contribution in [0, 0.1) is 5.41 Å². The molecule has 2 aliphatic rings. The highest BCUT2D eigenvalue weighted by atomic mass is 32.2. The summed E-state index contributed by atoms with van der Waals surface area (Å²) in [6, 6.07) is 0. The molecular weight excluding hydrogens is 220 g/mol. The third-order valence-corrected chi connectivity index (χ3v) is 5.60. The van der Waals surface area contributed by atoms with Crippen molar-refractivity contribution in [3.05, 3.63) is 0 Å². The van der Waals surface area contributed by atoms with Gasteiger partial charge in [0.15, 0.2) is 0 Å². The summed E-state index contributed by atoms with van der Waals surface area (Å²) in [5.74, 6) is 0.344. The lowest BCUT2D eigenvalue weighted by Crippen LogP contribution is -2.54. The van der Waals surface area contributed by atoms with E-state index >= 15 is 0 Å². The zero-order valence-electron chi connectivity index (χ0n) is 10.1. The first-order chi connectivity index (χ1) is 7.63. The molecule has 16 heavy (non-hydrogen) atoms. The second-order valence-electron chi connectivity index (χ2n) is 5.50. The van der Waals surface area contributed by atoms with Crippen molar-refractivity contribution < 1.29 is 9.90 Å². The molecular formula is C13H22O2S. The molecule has 0 bridgehead atoms. The zero-order chi connectivity index (χ0) is 11.6. The summed E-state index contributed by atoms with van der Waals surface area (Å²) in [4.78, 5) is 11.4. The maximum absolute atomic E-state index is 11.4. The third kappa shape index (κ3) is 2.11. The first-order valence-electron chi connectivity index (χ1n) is 6.50. The first kappa shape index (κ1) is 12.3. The van der Waals surface area contributed by atoms with Crippen LogP contribution in [-0.4, -0.2) is 21.6 Å². The van der Waals surface area contributed by atoms with Gasteiger partial charge in [0.2, 0.25) is 0 Å². The van der Waals surface area contributed by atoms with Crippen molar-refractivity contribution in [3.63, 3.8) is 0 Å². The minimum absolute atomic E-state index is 0.400. The second-order valence-corrected chi connectivity index (χ2v) is 7.15. The Bertz CT molecular complexity index is 259. The fraction of sp³-hybridized carbons (Fsp3) is 0.923. The van der Waals surface area contributed by atoms with Gasteiger partial charge in [-0.2, -0.15) is 0 Å². The molecule has 0 aromatic carbocycles. The molecule has 2 saturated carbocycles. The third-order valence-electron chi connectivity index (χ3n) is 4.30. The van der Waals surface area contributed by atoms with Crippen LogP contribution in [0.4, 0.5) is 0 Å². The normalized spacial score (nSPS) is 27.1. The summed E-state index contributed by atoms with van der Waals surface area (Å²) in [5, 5.41) is 9.38. The molecule has 0 aromatic rings. The van der Waals surface area contributed by atoms with Crippen molar-refractivity contribution in [1.82, 2.24) is 0 Å². The van der Waals surface area contributed by atoms with E-state index in [4.69, 9.17) is 0 Å². The molecule has 2 nitrogen and oxygen atoms in total. The molecule has 1 N–H and O–H groups in total. The molecule has 0 amide bonds. The van der Waals surface area contributed by atoms with Crippen LogP contribution in [0.2, 0.25) is 0 Å². The van der Waals surface area contributed by atoms with Crippen LogP contribution in [0.5, 0.6) is 0 Å². The minimum Gasteiger partial charge on any atom is -0.480 e. The van der Waals surface area contributed by atoms with Crippen molar-refractivity contribution in [1.29, 1.82) is 0 Å². The highest BCUT2D eigenvalue weighted by molar-refractivity contribution is 8.01. The lowest BCUT2D eigenvalue weighted by Gasteiger charge is -2.53. The number of carboxylic acid groups (broad SMARTS) is 1. The summed E-state index contributed by atoms with van der Waals surface area (Å²) in [5.41, 5.74) is 0.400. The summed E-state index contributed by atoms with van der Waals surface area (Å²) in [6.07, 6.45) is 9.71. The summed E-state index contributed by atoms with van der Waals surface area (Å²) in [6.45, 7) is 2.06. The van der Waals surface area contributed by atoms with E-state index in [0.717, 1.165) is 18.6 Å². The van der Waals surface area contributed by atoms with Gasteiger partial charge in [0.1, 0.15) is 4.75 Å². The molecule has 0 saturated heterocycles. The monoisotopic (exact) mass is 242 g/mol. The van der Waals surface area contributed by atoms with E-state index in [-0.39, 0.29) is 0 Å². The van der Waals surface area contributed by atoms with E-state index in [1.54, 1.807) is 11.8 Å². The van der Waals surface area contributed by atoms with Crippen LogP contribution in [-0.2, 0) is 4.79 Å². The van der Waals surface area contributed by atoms with Gasteiger partial charge < -0.3 is 5.11 Å². The molecule has 0 heterocycles. The SMILES string of the molecule is CCSC1(C(=O)O)CC2(CCCCCC2)C1. The van der Waals surface area contributed by atoms with E-state index in [0.29, 0.717) is 5.41 Å². The molecule has 1 spiro atoms. The largest absolute Gasteiger partial charge is 0.480 e. The smallest absolute Gasteiger partial charge is 0.319 e. The number of rotatable bonds is 3. The number of hydrogen-bond acceptors (Lipinski definition) is 2. The van der Waals surface area contributed by atoms with Crippen molar-refractivity contribution in [2.75, 3.05) is 5.75 Å². The zero-order valence-corrected chi connectivity index (χ0v) is 10.9. The van der Waals surface area contributed by atoms with Crippen LogP contribution in [0.25, 0.3) is 0 Å². The Morgan fingerprint density at radius 1 is 1.19 bits per heavy atom. The minimum atomic E-state index is -0.575. The lowest BCUT2D eigenvalue weighted by molar-refractivity contribution is -0.147. The molecule has 92 valence electrons. The molecule has 2 fully saturated rings. The number of hydrogen-bond donors (Lipinski definition) is 1. The number of aliphatic carboxylic acids is 1. The number of carboxylic acids is 1. The van der Waals surface area contributed by atoms with Gasteiger partial charge in [0.25, 0.3) is 0 Å². The van der Waals surface area contributed by atoms with Gasteiger partial charge in [-0.1, -0.05) is 32.6 Å². The molecule has 2 aliphatic carbocycles. The Kier molecular flexibility index (Phi) is 3.53. The van der Waals surface area contributed by atoms with E-state index in [2.05, 4.69) is 6.92 Å². The molecule has 2 rings (SSSR count). The van der Waals surface area contributed by atoms with Crippen LogP contribution in [0.15, 0.2) is 0 Å². The van der Waals surface area contributed by atoms with Crippen LogP contribution in [0.1, 0.15) is 58.3 Å².